The zero-order chi connectivity index (χ0) is 14.2. The molecule has 0 radical (unpaired) electrons. The number of aromatic nitrogens is 1. The maximum atomic E-state index is 8.61. The third-order valence-electron chi connectivity index (χ3n) is 2.67. The summed E-state index contributed by atoms with van der Waals surface area (Å²) in [6.45, 7) is 3.58. The molecule has 1 aromatic carbocycles. The van der Waals surface area contributed by atoms with Gasteiger partial charge in [-0.3, -0.25) is 0 Å². The molecular formula is C15H17N3OS. The van der Waals surface area contributed by atoms with E-state index in [9.17, 15) is 0 Å². The molecule has 2 aromatic rings. The summed E-state index contributed by atoms with van der Waals surface area (Å²) in [5.74, 6) is 0.808. The smallest absolute Gasteiger partial charge is 0.182 e. The van der Waals surface area contributed by atoms with Crippen LogP contribution in [0.15, 0.2) is 30.5 Å². The van der Waals surface area contributed by atoms with Crippen LogP contribution in [0.2, 0.25) is 0 Å². The summed E-state index contributed by atoms with van der Waals surface area (Å²) in [5.41, 5.74) is 1.00. The molecule has 0 unspecified atom stereocenters. The van der Waals surface area contributed by atoms with E-state index in [-0.39, 0.29) is 0 Å². The van der Waals surface area contributed by atoms with Gasteiger partial charge in [0, 0.05) is 12.7 Å². The molecule has 0 bridgehead atoms. The van der Waals surface area contributed by atoms with Crippen LogP contribution in [0, 0.1) is 11.3 Å². The van der Waals surface area contributed by atoms with Crippen LogP contribution in [0.25, 0.3) is 0 Å². The van der Waals surface area contributed by atoms with E-state index in [1.807, 2.05) is 30.5 Å². The van der Waals surface area contributed by atoms with Gasteiger partial charge in [0.05, 0.1) is 17.4 Å². The Bertz CT molecular complexity index is 572. The summed E-state index contributed by atoms with van der Waals surface area (Å²) in [6, 6.07) is 9.74. The van der Waals surface area contributed by atoms with Gasteiger partial charge in [0.15, 0.2) is 5.13 Å². The van der Waals surface area contributed by atoms with E-state index in [4.69, 9.17) is 10.00 Å². The van der Waals surface area contributed by atoms with Gasteiger partial charge in [-0.2, -0.15) is 5.26 Å². The van der Waals surface area contributed by atoms with Crippen molar-refractivity contribution in [3.63, 3.8) is 0 Å². The zero-order valence-electron chi connectivity index (χ0n) is 11.4. The predicted octanol–water partition coefficient (Wildman–Crippen LogP) is 3.61. The second-order valence-electron chi connectivity index (χ2n) is 4.33. The molecule has 104 valence electrons. The minimum Gasteiger partial charge on any atom is -0.488 e. The normalized spacial score (nSPS) is 10.0. The molecule has 0 saturated carbocycles. The van der Waals surface area contributed by atoms with Crippen molar-refractivity contribution in [2.75, 3.05) is 11.9 Å². The highest BCUT2D eigenvalue weighted by Crippen LogP contribution is 2.20. The maximum Gasteiger partial charge on any atom is 0.182 e. The van der Waals surface area contributed by atoms with Crippen LogP contribution in [0.5, 0.6) is 5.75 Å². The van der Waals surface area contributed by atoms with Crippen molar-refractivity contribution in [1.82, 2.24) is 4.98 Å². The first-order valence-electron chi connectivity index (χ1n) is 6.59. The predicted molar refractivity (Wildman–Crippen MR) is 81.0 cm³/mol. The molecule has 20 heavy (non-hydrogen) atoms. The summed E-state index contributed by atoms with van der Waals surface area (Å²) < 4.78 is 5.70. The lowest BCUT2D eigenvalue weighted by Crippen LogP contribution is -1.97. The summed E-state index contributed by atoms with van der Waals surface area (Å²) >= 11 is 1.61. The Balaban J connectivity index is 1.85. The lowest BCUT2D eigenvalue weighted by Gasteiger charge is -2.04. The molecule has 0 saturated heterocycles. The molecule has 0 atom stereocenters. The SMILES string of the molecule is CCCNc1ncc(COc2ccc(CC#N)cc2)s1. The first-order valence-corrected chi connectivity index (χ1v) is 7.40. The van der Waals surface area contributed by atoms with Gasteiger partial charge in [0.1, 0.15) is 12.4 Å². The molecule has 5 heteroatoms. The molecule has 1 heterocycles. The van der Waals surface area contributed by atoms with Gasteiger partial charge < -0.3 is 10.1 Å². The highest BCUT2D eigenvalue weighted by molar-refractivity contribution is 7.15. The standard InChI is InChI=1S/C15H17N3OS/c1-2-9-17-15-18-10-14(20-15)11-19-13-5-3-12(4-6-13)7-8-16/h3-6,10H,2,7,9,11H2,1H3,(H,17,18). The average molecular weight is 287 g/mol. The summed E-state index contributed by atoms with van der Waals surface area (Å²) in [4.78, 5) is 5.38. The van der Waals surface area contributed by atoms with Crippen LogP contribution in [-0.4, -0.2) is 11.5 Å². The average Bonchev–Trinajstić information content (AvgIpc) is 2.93. The van der Waals surface area contributed by atoms with Gasteiger partial charge in [0.25, 0.3) is 0 Å². The second-order valence-corrected chi connectivity index (χ2v) is 5.44. The minimum atomic E-state index is 0.432. The van der Waals surface area contributed by atoms with E-state index in [2.05, 4.69) is 23.3 Å². The summed E-state index contributed by atoms with van der Waals surface area (Å²) in [6.07, 6.45) is 3.36. The van der Waals surface area contributed by atoms with Crippen molar-refractivity contribution < 1.29 is 4.74 Å². The lowest BCUT2D eigenvalue weighted by molar-refractivity contribution is 0.309. The van der Waals surface area contributed by atoms with Gasteiger partial charge in [0.2, 0.25) is 0 Å². The third kappa shape index (κ3) is 4.25. The van der Waals surface area contributed by atoms with E-state index in [1.54, 1.807) is 11.3 Å². The molecule has 0 fully saturated rings. The Morgan fingerprint density at radius 3 is 2.85 bits per heavy atom. The number of hydrogen-bond acceptors (Lipinski definition) is 5. The van der Waals surface area contributed by atoms with Gasteiger partial charge >= 0.3 is 0 Å². The van der Waals surface area contributed by atoms with E-state index in [0.29, 0.717) is 13.0 Å². The Morgan fingerprint density at radius 2 is 2.15 bits per heavy atom. The van der Waals surface area contributed by atoms with Crippen molar-refractivity contribution in [2.45, 2.75) is 26.4 Å². The summed E-state index contributed by atoms with van der Waals surface area (Å²) in [5, 5.41) is 12.8. The van der Waals surface area contributed by atoms with Gasteiger partial charge in [-0.25, -0.2) is 4.98 Å². The molecule has 0 spiro atoms. The molecule has 1 aromatic heterocycles. The molecule has 0 aliphatic carbocycles. The van der Waals surface area contributed by atoms with Crippen molar-refractivity contribution in [3.05, 3.63) is 40.9 Å². The fraction of sp³-hybridized carbons (Fsp3) is 0.333. The first-order chi connectivity index (χ1) is 9.81. The van der Waals surface area contributed by atoms with Crippen LogP contribution in [0.4, 0.5) is 5.13 Å². The van der Waals surface area contributed by atoms with Gasteiger partial charge in [-0.05, 0) is 24.1 Å². The van der Waals surface area contributed by atoms with Crippen molar-refractivity contribution in [3.8, 4) is 11.8 Å². The number of hydrogen-bond donors (Lipinski definition) is 1. The number of nitriles is 1. The van der Waals surface area contributed by atoms with Crippen molar-refractivity contribution in [1.29, 1.82) is 5.26 Å². The number of nitrogens with zero attached hydrogens (tertiary/aromatic N) is 2. The molecule has 0 amide bonds. The molecule has 0 aliphatic rings. The fourth-order valence-corrected chi connectivity index (χ4v) is 2.39. The maximum absolute atomic E-state index is 8.61. The highest BCUT2D eigenvalue weighted by Gasteiger charge is 2.02. The molecular weight excluding hydrogens is 270 g/mol. The summed E-state index contributed by atoms with van der Waals surface area (Å²) in [7, 11) is 0. The molecule has 0 aliphatic heterocycles. The number of nitrogens with one attached hydrogen (secondary N) is 1. The Morgan fingerprint density at radius 1 is 1.35 bits per heavy atom. The highest BCUT2D eigenvalue weighted by atomic mass is 32.1. The third-order valence-corrected chi connectivity index (χ3v) is 3.60. The van der Waals surface area contributed by atoms with Crippen LogP contribution >= 0.6 is 11.3 Å². The molecule has 4 nitrogen and oxygen atoms in total. The Kier molecular flexibility index (Phi) is 5.39. The van der Waals surface area contributed by atoms with E-state index < -0.39 is 0 Å². The lowest BCUT2D eigenvalue weighted by atomic mass is 10.2. The number of rotatable bonds is 7. The van der Waals surface area contributed by atoms with Gasteiger partial charge in [-0.1, -0.05) is 30.4 Å². The second kappa shape index (κ2) is 7.51. The van der Waals surface area contributed by atoms with Crippen LogP contribution < -0.4 is 10.1 Å². The monoisotopic (exact) mass is 287 g/mol. The number of ether oxygens (including phenoxy) is 1. The van der Waals surface area contributed by atoms with E-state index >= 15 is 0 Å². The first kappa shape index (κ1) is 14.4. The Labute approximate surface area is 123 Å². The van der Waals surface area contributed by atoms with E-state index in [0.717, 1.165) is 34.3 Å². The topological polar surface area (TPSA) is 57.9 Å². The van der Waals surface area contributed by atoms with Crippen molar-refractivity contribution >= 4 is 16.5 Å². The van der Waals surface area contributed by atoms with Crippen LogP contribution in [-0.2, 0) is 13.0 Å². The number of benzene rings is 1. The fourth-order valence-electron chi connectivity index (χ4n) is 1.64. The van der Waals surface area contributed by atoms with Crippen LogP contribution in [0.1, 0.15) is 23.8 Å². The molecule has 2 rings (SSSR count). The quantitative estimate of drug-likeness (QED) is 0.845. The van der Waals surface area contributed by atoms with Crippen molar-refractivity contribution in [2.24, 2.45) is 0 Å². The minimum absolute atomic E-state index is 0.432. The molecule has 1 N–H and O–H groups in total. The Hall–Kier alpha value is -2.06. The number of anilines is 1. The van der Waals surface area contributed by atoms with Gasteiger partial charge in [-0.15, -0.1) is 0 Å². The largest absolute Gasteiger partial charge is 0.488 e. The van der Waals surface area contributed by atoms with Crippen LogP contribution in [0.3, 0.4) is 0 Å². The number of thiazole rings is 1. The zero-order valence-corrected chi connectivity index (χ0v) is 12.2. The van der Waals surface area contributed by atoms with E-state index in [1.165, 1.54) is 0 Å².